The van der Waals surface area contributed by atoms with Crippen LogP contribution >= 0.6 is 0 Å². The summed E-state index contributed by atoms with van der Waals surface area (Å²) in [5, 5.41) is 24.2. The molecule has 0 aliphatic rings. The molecular weight excluding hydrogens is 428 g/mol. The second kappa shape index (κ2) is 9.06. The molecule has 0 amide bonds. The number of imidazole rings is 1. The normalized spacial score (nSPS) is 11.4. The standard InChI is InChI=1S/C26H26N6O2/c1-16-25(18-8-3-5-10-20(18)29-16)32-22(15-27)24(31-26(32)34)23-17-7-2-4-9-19(17)30-21(23)11-6-12-28-13-14-33/h2-5,7-10,28-30,33H,6,11-14H2,1H3,(H,31,34). The molecule has 0 fully saturated rings. The molecular formula is C26H26N6O2. The summed E-state index contributed by atoms with van der Waals surface area (Å²) in [6.45, 7) is 3.32. The number of aromatic amines is 3. The van der Waals surface area contributed by atoms with E-state index in [1.165, 1.54) is 4.57 Å². The number of aliphatic hydroxyl groups excluding tert-OH is 1. The fraction of sp³-hybridized carbons (Fsp3) is 0.231. The first-order valence-corrected chi connectivity index (χ1v) is 11.4. The molecule has 0 spiro atoms. The quantitative estimate of drug-likeness (QED) is 0.230. The van der Waals surface area contributed by atoms with E-state index in [1.54, 1.807) is 0 Å². The van der Waals surface area contributed by atoms with E-state index >= 15 is 0 Å². The van der Waals surface area contributed by atoms with Gasteiger partial charge in [0.05, 0.1) is 18.0 Å². The molecule has 0 saturated carbocycles. The smallest absolute Gasteiger partial charge is 0.331 e. The number of nitriles is 1. The molecule has 3 heterocycles. The fourth-order valence-corrected chi connectivity index (χ4v) is 4.75. The summed E-state index contributed by atoms with van der Waals surface area (Å²) >= 11 is 0. The Kier molecular flexibility index (Phi) is 5.80. The maximum absolute atomic E-state index is 13.3. The van der Waals surface area contributed by atoms with Crippen LogP contribution in [0.15, 0.2) is 53.3 Å². The van der Waals surface area contributed by atoms with Gasteiger partial charge in [-0.3, -0.25) is 0 Å². The summed E-state index contributed by atoms with van der Waals surface area (Å²) in [5.74, 6) is 0. The van der Waals surface area contributed by atoms with Crippen molar-refractivity contribution >= 4 is 21.8 Å². The van der Waals surface area contributed by atoms with Crippen molar-refractivity contribution in [2.24, 2.45) is 0 Å². The zero-order valence-corrected chi connectivity index (χ0v) is 18.9. The van der Waals surface area contributed by atoms with Gasteiger partial charge in [0.15, 0.2) is 5.69 Å². The third-order valence-corrected chi connectivity index (χ3v) is 6.19. The summed E-state index contributed by atoms with van der Waals surface area (Å²) in [7, 11) is 0. The molecule has 8 heteroatoms. The van der Waals surface area contributed by atoms with Gasteiger partial charge in [-0.15, -0.1) is 0 Å². The number of aliphatic hydroxyl groups is 1. The number of para-hydroxylation sites is 2. The maximum atomic E-state index is 13.3. The summed E-state index contributed by atoms with van der Waals surface area (Å²) in [4.78, 5) is 23.1. The Bertz CT molecular complexity index is 1580. The largest absolute Gasteiger partial charge is 0.395 e. The number of H-pyrrole nitrogens is 3. The Hall–Kier alpha value is -4.06. The lowest BCUT2D eigenvalue weighted by Crippen LogP contribution is -2.19. The van der Waals surface area contributed by atoms with Gasteiger partial charge in [0.2, 0.25) is 0 Å². The van der Waals surface area contributed by atoms with E-state index in [0.717, 1.165) is 58.1 Å². The number of hydrogen-bond donors (Lipinski definition) is 5. The Balaban J connectivity index is 1.68. The molecule has 0 aliphatic heterocycles. The summed E-state index contributed by atoms with van der Waals surface area (Å²) in [6.07, 6.45) is 1.57. The van der Waals surface area contributed by atoms with E-state index in [9.17, 15) is 10.1 Å². The second-order valence-corrected chi connectivity index (χ2v) is 8.35. The topological polar surface area (TPSA) is 125 Å². The Labute approximate surface area is 195 Å². The van der Waals surface area contributed by atoms with Crippen molar-refractivity contribution in [1.82, 2.24) is 24.8 Å². The van der Waals surface area contributed by atoms with E-state index in [4.69, 9.17) is 5.11 Å². The highest BCUT2D eigenvalue weighted by Crippen LogP contribution is 2.35. The molecule has 2 aromatic carbocycles. The molecule has 0 unspecified atom stereocenters. The van der Waals surface area contributed by atoms with Crippen LogP contribution in [0.25, 0.3) is 38.8 Å². The minimum Gasteiger partial charge on any atom is -0.395 e. The molecule has 3 aromatic heterocycles. The lowest BCUT2D eigenvalue weighted by molar-refractivity contribution is 0.292. The van der Waals surface area contributed by atoms with Crippen LogP contribution < -0.4 is 11.0 Å². The van der Waals surface area contributed by atoms with E-state index in [-0.39, 0.29) is 18.0 Å². The molecule has 0 aliphatic carbocycles. The van der Waals surface area contributed by atoms with Crippen LogP contribution in [-0.2, 0) is 6.42 Å². The fourth-order valence-electron chi connectivity index (χ4n) is 4.75. The molecule has 0 bridgehead atoms. The van der Waals surface area contributed by atoms with Gasteiger partial charge in [-0.05, 0) is 38.4 Å². The summed E-state index contributed by atoms with van der Waals surface area (Å²) in [5.41, 5.74) is 5.65. The first-order valence-electron chi connectivity index (χ1n) is 11.4. The lowest BCUT2D eigenvalue weighted by Gasteiger charge is -2.07. The highest BCUT2D eigenvalue weighted by molar-refractivity contribution is 5.98. The van der Waals surface area contributed by atoms with Crippen LogP contribution in [0.2, 0.25) is 0 Å². The van der Waals surface area contributed by atoms with Crippen molar-refractivity contribution < 1.29 is 5.11 Å². The van der Waals surface area contributed by atoms with Crippen LogP contribution in [0, 0.1) is 18.3 Å². The number of hydrogen-bond acceptors (Lipinski definition) is 4. The van der Waals surface area contributed by atoms with Gasteiger partial charge >= 0.3 is 5.69 Å². The lowest BCUT2D eigenvalue weighted by atomic mass is 10.0. The Morgan fingerprint density at radius 2 is 1.71 bits per heavy atom. The van der Waals surface area contributed by atoms with E-state index in [1.807, 2.05) is 55.5 Å². The van der Waals surface area contributed by atoms with Crippen molar-refractivity contribution in [1.29, 1.82) is 5.26 Å². The molecule has 0 atom stereocenters. The highest BCUT2D eigenvalue weighted by atomic mass is 16.3. The van der Waals surface area contributed by atoms with Gasteiger partial charge in [-0.25, -0.2) is 9.36 Å². The second-order valence-electron chi connectivity index (χ2n) is 8.35. The van der Waals surface area contributed by atoms with Gasteiger partial charge in [-0.1, -0.05) is 36.4 Å². The number of aryl methyl sites for hydroxylation is 2. The SMILES string of the molecule is Cc1[nH]c2ccccc2c1-n1c(C#N)c(-c2c(CCCNCCO)[nH]c3ccccc23)[nH]c1=O. The number of nitrogens with zero attached hydrogens (tertiary/aromatic N) is 2. The van der Waals surface area contributed by atoms with Gasteiger partial charge in [0, 0.05) is 45.3 Å². The van der Waals surface area contributed by atoms with Crippen molar-refractivity contribution in [3.63, 3.8) is 0 Å². The van der Waals surface area contributed by atoms with Gasteiger partial charge in [0.25, 0.3) is 0 Å². The third-order valence-electron chi connectivity index (χ3n) is 6.19. The Morgan fingerprint density at radius 1 is 1.00 bits per heavy atom. The van der Waals surface area contributed by atoms with Gasteiger partial charge in [-0.2, -0.15) is 5.26 Å². The summed E-state index contributed by atoms with van der Waals surface area (Å²) < 4.78 is 1.48. The Morgan fingerprint density at radius 3 is 2.44 bits per heavy atom. The molecule has 5 aromatic rings. The predicted octanol–water partition coefficient (Wildman–Crippen LogP) is 3.49. The van der Waals surface area contributed by atoms with Crippen molar-refractivity contribution in [2.75, 3.05) is 19.7 Å². The van der Waals surface area contributed by atoms with Crippen LogP contribution in [-0.4, -0.2) is 44.3 Å². The van der Waals surface area contributed by atoms with Crippen molar-refractivity contribution in [3.8, 4) is 23.0 Å². The molecule has 0 saturated heterocycles. The number of aromatic nitrogens is 4. The van der Waals surface area contributed by atoms with E-state index in [2.05, 4.69) is 26.3 Å². The number of benzene rings is 2. The summed E-state index contributed by atoms with van der Waals surface area (Å²) in [6, 6.07) is 18.0. The number of rotatable bonds is 8. The van der Waals surface area contributed by atoms with Crippen molar-refractivity contribution in [2.45, 2.75) is 19.8 Å². The monoisotopic (exact) mass is 454 g/mol. The van der Waals surface area contributed by atoms with Crippen LogP contribution in [0.3, 0.4) is 0 Å². The van der Waals surface area contributed by atoms with Crippen LogP contribution in [0.5, 0.6) is 0 Å². The highest BCUT2D eigenvalue weighted by Gasteiger charge is 2.24. The molecule has 34 heavy (non-hydrogen) atoms. The van der Waals surface area contributed by atoms with Gasteiger partial charge in [0.1, 0.15) is 6.07 Å². The first kappa shape index (κ1) is 21.8. The van der Waals surface area contributed by atoms with Crippen molar-refractivity contribution in [3.05, 3.63) is 76.1 Å². The maximum Gasteiger partial charge on any atom is 0.331 e. The van der Waals surface area contributed by atoms with E-state index < -0.39 is 0 Å². The predicted molar refractivity (Wildman–Crippen MR) is 133 cm³/mol. The van der Waals surface area contributed by atoms with E-state index in [0.29, 0.717) is 17.9 Å². The molecule has 172 valence electrons. The molecule has 8 nitrogen and oxygen atoms in total. The first-order chi connectivity index (χ1) is 16.6. The zero-order chi connectivity index (χ0) is 23.7. The third kappa shape index (κ3) is 3.61. The minimum atomic E-state index is -0.347. The average molecular weight is 455 g/mol. The van der Waals surface area contributed by atoms with Crippen LogP contribution in [0.4, 0.5) is 0 Å². The average Bonchev–Trinajstić information content (AvgIpc) is 3.47. The molecule has 0 radical (unpaired) electrons. The zero-order valence-electron chi connectivity index (χ0n) is 18.9. The molecule has 5 N–H and O–H groups in total. The number of nitrogens with one attached hydrogen (secondary N) is 4. The van der Waals surface area contributed by atoms with Crippen LogP contribution in [0.1, 0.15) is 23.5 Å². The molecule has 5 rings (SSSR count). The minimum absolute atomic E-state index is 0.102. The van der Waals surface area contributed by atoms with Gasteiger partial charge < -0.3 is 25.4 Å². The number of fused-ring (bicyclic) bond motifs is 2.